The molecule has 3 rings (SSSR count). The summed E-state index contributed by atoms with van der Waals surface area (Å²) in [6.07, 6.45) is 0.872. The number of aromatic nitrogens is 2. The van der Waals surface area contributed by atoms with E-state index in [1.54, 1.807) is 18.2 Å². The number of benzene rings is 1. The number of rotatable bonds is 8. The van der Waals surface area contributed by atoms with Gasteiger partial charge in [-0.05, 0) is 55.7 Å². The summed E-state index contributed by atoms with van der Waals surface area (Å²) in [6.45, 7) is 7.88. The molecule has 0 saturated heterocycles. The van der Waals surface area contributed by atoms with Crippen LogP contribution < -0.4 is 10.1 Å². The summed E-state index contributed by atoms with van der Waals surface area (Å²) in [4.78, 5) is 17.6. The number of alkyl halides is 3. The van der Waals surface area contributed by atoms with Crippen LogP contribution in [0.15, 0.2) is 18.2 Å². The predicted octanol–water partition coefficient (Wildman–Crippen LogP) is 6.05. The Kier molecular flexibility index (Phi) is 8.31. The third-order valence-electron chi connectivity index (χ3n) is 6.98. The highest BCUT2D eigenvalue weighted by Crippen LogP contribution is 2.33. The first-order chi connectivity index (χ1) is 16.0. The molecule has 188 valence electrons. The Morgan fingerprint density at radius 3 is 2.53 bits per heavy atom. The van der Waals surface area contributed by atoms with Crippen LogP contribution in [0.2, 0.25) is 0 Å². The van der Waals surface area contributed by atoms with Crippen molar-refractivity contribution in [1.82, 2.24) is 14.9 Å². The van der Waals surface area contributed by atoms with Crippen LogP contribution in [0.1, 0.15) is 74.0 Å². The quantitative estimate of drug-likeness (QED) is 0.502. The molecule has 0 aliphatic heterocycles. The van der Waals surface area contributed by atoms with Crippen LogP contribution in [0.5, 0.6) is 5.75 Å². The fourth-order valence-corrected chi connectivity index (χ4v) is 4.69. The van der Waals surface area contributed by atoms with Crippen molar-refractivity contribution in [2.75, 3.05) is 13.7 Å². The van der Waals surface area contributed by atoms with E-state index in [2.05, 4.69) is 17.2 Å². The van der Waals surface area contributed by atoms with Crippen molar-refractivity contribution in [3.05, 3.63) is 41.0 Å². The molecule has 1 aliphatic rings. The van der Waals surface area contributed by atoms with Gasteiger partial charge in [0.1, 0.15) is 17.3 Å². The van der Waals surface area contributed by atoms with E-state index in [1.165, 1.54) is 26.9 Å². The molecule has 1 aromatic carbocycles. The monoisotopic (exact) mass is 479 g/mol. The predicted molar refractivity (Wildman–Crippen MR) is 127 cm³/mol. The van der Waals surface area contributed by atoms with Crippen molar-refractivity contribution in [3.8, 4) is 11.4 Å². The van der Waals surface area contributed by atoms with Crippen LogP contribution in [-0.4, -0.2) is 35.3 Å². The zero-order valence-electron chi connectivity index (χ0n) is 20.8. The number of hydrogen-bond donors (Lipinski definition) is 1. The first kappa shape index (κ1) is 26.1. The van der Waals surface area contributed by atoms with Gasteiger partial charge in [-0.2, -0.15) is 13.2 Å². The summed E-state index contributed by atoms with van der Waals surface area (Å²) in [5.41, 5.74) is 2.26. The van der Waals surface area contributed by atoms with Crippen LogP contribution in [-0.2, 0) is 12.8 Å². The minimum absolute atomic E-state index is 0.128. The third-order valence-corrected chi connectivity index (χ3v) is 6.98. The first-order valence-electron chi connectivity index (χ1n) is 12.2. The van der Waals surface area contributed by atoms with Crippen molar-refractivity contribution in [2.45, 2.75) is 72.4 Å². The number of carbonyl (C=O) groups excluding carboxylic acids is 1. The summed E-state index contributed by atoms with van der Waals surface area (Å²) in [5.74, 6) is 0.759. The van der Waals surface area contributed by atoms with E-state index in [1.807, 2.05) is 18.4 Å². The molecule has 5 nitrogen and oxygen atoms in total. The smallest absolute Gasteiger partial charge is 0.391 e. The average Bonchev–Trinajstić information content (AvgIpc) is 3.13. The third kappa shape index (κ3) is 5.94. The van der Waals surface area contributed by atoms with Gasteiger partial charge in [-0.1, -0.05) is 39.7 Å². The number of amides is 1. The van der Waals surface area contributed by atoms with Crippen LogP contribution in [0.4, 0.5) is 13.2 Å². The maximum absolute atomic E-state index is 13.0. The van der Waals surface area contributed by atoms with Crippen LogP contribution in [0.25, 0.3) is 5.69 Å². The molecule has 1 aliphatic carbocycles. The summed E-state index contributed by atoms with van der Waals surface area (Å²) in [7, 11) is 1.49. The second kappa shape index (κ2) is 10.8. The van der Waals surface area contributed by atoms with Crippen molar-refractivity contribution in [3.63, 3.8) is 0 Å². The fraction of sp³-hybridized carbons (Fsp3) is 0.615. The van der Waals surface area contributed by atoms with Crippen LogP contribution in [0, 0.1) is 24.7 Å². The minimum Gasteiger partial charge on any atom is -0.495 e. The summed E-state index contributed by atoms with van der Waals surface area (Å²) >= 11 is 0. The van der Waals surface area contributed by atoms with Gasteiger partial charge in [-0.25, -0.2) is 4.98 Å². The van der Waals surface area contributed by atoms with E-state index in [4.69, 9.17) is 4.74 Å². The number of nitrogens with one attached hydrogen (secondary N) is 1. The van der Waals surface area contributed by atoms with Gasteiger partial charge in [-0.15, -0.1) is 0 Å². The van der Waals surface area contributed by atoms with Gasteiger partial charge in [0.15, 0.2) is 0 Å². The molecule has 1 amide bonds. The SMILES string of the molecule is CCc1nc(C(=O)NCC2CCC(C)CC2)c(C)n1-c1ccc(CC(C)C(F)(F)F)cc1OC. The van der Waals surface area contributed by atoms with Crippen LogP contribution in [0.3, 0.4) is 0 Å². The highest BCUT2D eigenvalue weighted by Gasteiger charge is 2.36. The standard InChI is InChI=1S/C26H36F3N3O2/c1-6-23-31-24(25(33)30-15-19-9-7-16(2)8-10-19)18(4)32(23)21-12-11-20(14-22(21)34-5)13-17(3)26(27,28)29/h11-12,14,16-17,19H,6-10,13,15H2,1-5H3,(H,30,33). The maximum atomic E-state index is 13.0. The second-order valence-corrected chi connectivity index (χ2v) is 9.64. The van der Waals surface area contributed by atoms with E-state index >= 15 is 0 Å². The Bertz CT molecular complexity index is 992. The topological polar surface area (TPSA) is 56.2 Å². The Morgan fingerprint density at radius 1 is 1.26 bits per heavy atom. The molecule has 1 fully saturated rings. The van der Waals surface area contributed by atoms with E-state index in [0.29, 0.717) is 53.1 Å². The van der Waals surface area contributed by atoms with Gasteiger partial charge < -0.3 is 10.1 Å². The molecule has 2 aromatic rings. The number of methoxy groups -OCH3 is 1. The Labute approximate surface area is 200 Å². The Hall–Kier alpha value is -2.51. The Morgan fingerprint density at radius 2 is 1.94 bits per heavy atom. The molecule has 1 atom stereocenters. The molecule has 1 aromatic heterocycles. The molecule has 0 radical (unpaired) electrons. The van der Waals surface area contributed by atoms with Crippen molar-refractivity contribution in [2.24, 2.45) is 17.8 Å². The van der Waals surface area contributed by atoms with Crippen molar-refractivity contribution in [1.29, 1.82) is 0 Å². The van der Waals surface area contributed by atoms with E-state index in [-0.39, 0.29) is 12.3 Å². The number of halogens is 3. The lowest BCUT2D eigenvalue weighted by Gasteiger charge is -2.26. The van der Waals surface area contributed by atoms with Gasteiger partial charge in [0.2, 0.25) is 0 Å². The zero-order chi connectivity index (χ0) is 25.0. The summed E-state index contributed by atoms with van der Waals surface area (Å²) in [6, 6.07) is 5.07. The van der Waals surface area contributed by atoms with Gasteiger partial charge in [0.25, 0.3) is 5.91 Å². The largest absolute Gasteiger partial charge is 0.495 e. The van der Waals surface area contributed by atoms with Crippen LogP contribution >= 0.6 is 0 Å². The molecule has 0 bridgehead atoms. The first-order valence-corrected chi connectivity index (χ1v) is 12.2. The minimum atomic E-state index is -4.25. The van der Waals surface area contributed by atoms with Gasteiger partial charge in [-0.3, -0.25) is 9.36 Å². The van der Waals surface area contributed by atoms with Crippen molar-refractivity contribution < 1.29 is 22.7 Å². The molecule has 1 unspecified atom stereocenters. The highest BCUT2D eigenvalue weighted by atomic mass is 19.4. The molecule has 1 N–H and O–H groups in total. The lowest BCUT2D eigenvalue weighted by molar-refractivity contribution is -0.169. The van der Waals surface area contributed by atoms with E-state index < -0.39 is 12.1 Å². The van der Waals surface area contributed by atoms with E-state index in [9.17, 15) is 18.0 Å². The van der Waals surface area contributed by atoms with Gasteiger partial charge in [0.05, 0.1) is 24.4 Å². The van der Waals surface area contributed by atoms with Gasteiger partial charge in [0, 0.05) is 13.0 Å². The second-order valence-electron chi connectivity index (χ2n) is 9.64. The lowest BCUT2D eigenvalue weighted by Crippen LogP contribution is -2.31. The number of carbonyl (C=O) groups is 1. The Balaban J connectivity index is 1.83. The van der Waals surface area contributed by atoms with Gasteiger partial charge >= 0.3 is 6.18 Å². The summed E-state index contributed by atoms with van der Waals surface area (Å²) in [5, 5.41) is 3.06. The highest BCUT2D eigenvalue weighted by molar-refractivity contribution is 5.93. The molecular weight excluding hydrogens is 443 g/mol. The number of ether oxygens (including phenoxy) is 1. The molecule has 1 saturated carbocycles. The molecule has 34 heavy (non-hydrogen) atoms. The number of aryl methyl sites for hydroxylation is 1. The molecule has 0 spiro atoms. The zero-order valence-corrected chi connectivity index (χ0v) is 20.8. The number of imidazole rings is 1. The molecule has 1 heterocycles. The maximum Gasteiger partial charge on any atom is 0.391 e. The lowest BCUT2D eigenvalue weighted by atomic mass is 9.83. The normalized spacial score (nSPS) is 19.6. The molecular formula is C26H36F3N3O2. The molecule has 8 heteroatoms. The number of hydrogen-bond acceptors (Lipinski definition) is 3. The van der Waals surface area contributed by atoms with Crippen molar-refractivity contribution >= 4 is 5.91 Å². The number of nitrogens with zero attached hydrogens (tertiary/aromatic N) is 2. The fourth-order valence-electron chi connectivity index (χ4n) is 4.69. The van der Waals surface area contributed by atoms with E-state index in [0.717, 1.165) is 18.8 Å². The average molecular weight is 480 g/mol. The summed E-state index contributed by atoms with van der Waals surface area (Å²) < 4.78 is 46.4.